The predicted molar refractivity (Wildman–Crippen MR) is 129 cm³/mol. The molecule has 0 aliphatic heterocycles. The van der Waals surface area contributed by atoms with Crippen LogP contribution in [0.25, 0.3) is 11.1 Å². The van der Waals surface area contributed by atoms with Crippen LogP contribution in [0.3, 0.4) is 0 Å². The Labute approximate surface area is 190 Å². The number of rotatable bonds is 9. The lowest BCUT2D eigenvalue weighted by atomic mass is 9.97. The summed E-state index contributed by atoms with van der Waals surface area (Å²) >= 11 is 6.96. The van der Waals surface area contributed by atoms with Gasteiger partial charge in [0.25, 0.3) is 0 Å². The molecule has 0 fully saturated rings. The Kier molecular flexibility index (Phi) is 7.36. The van der Waals surface area contributed by atoms with Gasteiger partial charge in [-0.1, -0.05) is 44.0 Å². The van der Waals surface area contributed by atoms with E-state index < -0.39 is 0 Å². The summed E-state index contributed by atoms with van der Waals surface area (Å²) in [7, 11) is 0. The van der Waals surface area contributed by atoms with Crippen molar-refractivity contribution in [3.63, 3.8) is 0 Å². The second-order valence-electron chi connectivity index (χ2n) is 7.73. The molecule has 0 bridgehead atoms. The second kappa shape index (κ2) is 10.2. The topological polar surface area (TPSA) is 18.5 Å². The average molecular weight is 520 g/mol. The molecule has 0 heterocycles. The number of hydrogen-bond acceptors (Lipinski definition) is 2. The van der Waals surface area contributed by atoms with Crippen LogP contribution in [-0.2, 0) is 12.8 Å². The number of halogens is 2. The summed E-state index contributed by atoms with van der Waals surface area (Å²) in [6.45, 7) is 1.54. The van der Waals surface area contributed by atoms with Crippen LogP contribution in [0, 0.1) is 0 Å². The maximum atomic E-state index is 6.02. The molecule has 2 aromatic carbocycles. The summed E-state index contributed by atoms with van der Waals surface area (Å²) in [4.78, 5) is 0. The van der Waals surface area contributed by atoms with E-state index in [1.165, 1.54) is 33.4 Å². The molecule has 0 unspecified atom stereocenters. The van der Waals surface area contributed by atoms with Crippen molar-refractivity contribution in [2.24, 2.45) is 0 Å². The van der Waals surface area contributed by atoms with Gasteiger partial charge in [-0.15, -0.1) is 0 Å². The zero-order valence-electron chi connectivity index (χ0n) is 16.8. The van der Waals surface area contributed by atoms with Crippen LogP contribution in [-0.4, -0.2) is 23.9 Å². The first-order valence-corrected chi connectivity index (χ1v) is 12.9. The molecule has 0 saturated heterocycles. The standard InChI is InChI=1S/C25H28Br2O2/c26-12-1-2-14-28-20-8-4-18-6-10-22(24(18)16-20)23-11-7-19-5-9-21(17-25(19)23)29-15-3-13-27/h4-5,8-9,16-17H,1-3,6-7,10-15H2/b23-22-. The molecule has 4 rings (SSSR count). The minimum Gasteiger partial charge on any atom is -0.494 e. The summed E-state index contributed by atoms with van der Waals surface area (Å²) in [6, 6.07) is 13.3. The third kappa shape index (κ3) is 4.91. The van der Waals surface area contributed by atoms with E-state index >= 15 is 0 Å². The lowest BCUT2D eigenvalue weighted by Gasteiger charge is -2.12. The Balaban J connectivity index is 1.58. The molecule has 0 amide bonds. The van der Waals surface area contributed by atoms with Crippen LogP contribution in [0.4, 0.5) is 0 Å². The molecule has 0 N–H and O–H groups in total. The van der Waals surface area contributed by atoms with Crippen LogP contribution in [0.1, 0.15) is 54.4 Å². The van der Waals surface area contributed by atoms with Crippen molar-refractivity contribution < 1.29 is 9.47 Å². The van der Waals surface area contributed by atoms with Gasteiger partial charge >= 0.3 is 0 Å². The summed E-state index contributed by atoms with van der Waals surface area (Å²) in [5.41, 5.74) is 8.74. The molecule has 29 heavy (non-hydrogen) atoms. The molecule has 0 spiro atoms. The Morgan fingerprint density at radius 1 is 0.621 bits per heavy atom. The Morgan fingerprint density at radius 2 is 1.14 bits per heavy atom. The van der Waals surface area contributed by atoms with Crippen LogP contribution < -0.4 is 9.47 Å². The number of unbranched alkanes of at least 4 members (excludes halogenated alkanes) is 1. The zero-order chi connectivity index (χ0) is 20.1. The van der Waals surface area contributed by atoms with E-state index in [9.17, 15) is 0 Å². The highest BCUT2D eigenvalue weighted by atomic mass is 79.9. The number of benzene rings is 2. The van der Waals surface area contributed by atoms with E-state index in [1.54, 1.807) is 0 Å². The molecule has 2 nitrogen and oxygen atoms in total. The van der Waals surface area contributed by atoms with Crippen LogP contribution in [0.5, 0.6) is 11.5 Å². The van der Waals surface area contributed by atoms with Gasteiger partial charge in [0, 0.05) is 10.7 Å². The quantitative estimate of drug-likeness (QED) is 0.257. The normalized spacial score (nSPS) is 17.3. The van der Waals surface area contributed by atoms with Gasteiger partial charge in [0.1, 0.15) is 11.5 Å². The summed E-state index contributed by atoms with van der Waals surface area (Å²) < 4.78 is 12.0. The molecule has 2 aromatic rings. The van der Waals surface area contributed by atoms with E-state index in [0.29, 0.717) is 0 Å². The van der Waals surface area contributed by atoms with E-state index in [1.807, 2.05) is 0 Å². The molecule has 0 radical (unpaired) electrons. The zero-order valence-corrected chi connectivity index (χ0v) is 20.0. The number of ether oxygens (including phenoxy) is 2. The molecule has 2 aliphatic rings. The third-order valence-corrected chi connectivity index (χ3v) is 6.93. The third-order valence-electron chi connectivity index (χ3n) is 5.81. The first kappa shape index (κ1) is 21.0. The smallest absolute Gasteiger partial charge is 0.119 e. The van der Waals surface area contributed by atoms with Gasteiger partial charge in [-0.3, -0.25) is 0 Å². The number of aryl methyl sites for hydroxylation is 2. The maximum Gasteiger partial charge on any atom is 0.119 e. The van der Waals surface area contributed by atoms with E-state index in [4.69, 9.17) is 9.47 Å². The van der Waals surface area contributed by atoms with Gasteiger partial charge in [-0.05, 0) is 103 Å². The number of fused-ring (bicyclic) bond motifs is 2. The fourth-order valence-electron chi connectivity index (χ4n) is 4.34. The van der Waals surface area contributed by atoms with Crippen LogP contribution in [0.15, 0.2) is 36.4 Å². The van der Waals surface area contributed by atoms with Gasteiger partial charge in [-0.25, -0.2) is 0 Å². The highest BCUT2D eigenvalue weighted by Gasteiger charge is 2.26. The van der Waals surface area contributed by atoms with Crippen molar-refractivity contribution in [3.05, 3.63) is 58.7 Å². The molecule has 0 atom stereocenters. The van der Waals surface area contributed by atoms with Crippen LogP contribution in [0.2, 0.25) is 0 Å². The van der Waals surface area contributed by atoms with Crippen molar-refractivity contribution in [1.29, 1.82) is 0 Å². The number of allylic oxidation sites excluding steroid dienone is 2. The van der Waals surface area contributed by atoms with Gasteiger partial charge in [0.2, 0.25) is 0 Å². The van der Waals surface area contributed by atoms with Crippen molar-refractivity contribution in [1.82, 2.24) is 0 Å². The molecular formula is C25H28Br2O2. The molecule has 4 heteroatoms. The van der Waals surface area contributed by atoms with Gasteiger partial charge in [-0.2, -0.15) is 0 Å². The Hall–Kier alpha value is -1.26. The average Bonchev–Trinajstić information content (AvgIpc) is 3.34. The minimum absolute atomic E-state index is 0.758. The molecule has 0 aromatic heterocycles. The molecular weight excluding hydrogens is 492 g/mol. The van der Waals surface area contributed by atoms with Crippen molar-refractivity contribution in [2.75, 3.05) is 23.9 Å². The predicted octanol–water partition coefficient (Wildman–Crippen LogP) is 7.21. The van der Waals surface area contributed by atoms with Crippen molar-refractivity contribution in [2.45, 2.75) is 44.9 Å². The number of alkyl halides is 2. The lowest BCUT2D eigenvalue weighted by molar-refractivity contribution is 0.310. The Bertz CT molecular complexity index is 888. The SMILES string of the molecule is BrCCCCOc1ccc2c(c1)/C(=C1/CCc3ccc(OCCCBr)cc31)CC2. The highest BCUT2D eigenvalue weighted by molar-refractivity contribution is 9.09. The summed E-state index contributed by atoms with van der Waals surface area (Å²) in [5, 5.41) is 2.02. The van der Waals surface area contributed by atoms with Crippen molar-refractivity contribution in [3.8, 4) is 11.5 Å². The highest BCUT2D eigenvalue weighted by Crippen LogP contribution is 2.45. The Morgan fingerprint density at radius 3 is 1.66 bits per heavy atom. The van der Waals surface area contributed by atoms with E-state index in [2.05, 4.69) is 68.3 Å². The number of hydrogen-bond donors (Lipinski definition) is 0. The van der Waals surface area contributed by atoms with Gasteiger partial charge < -0.3 is 9.47 Å². The summed E-state index contributed by atoms with van der Waals surface area (Å²) in [6.07, 6.45) is 7.79. The maximum absolute atomic E-state index is 6.02. The fourth-order valence-corrected chi connectivity index (χ4v) is 4.96. The first-order valence-electron chi connectivity index (χ1n) is 10.7. The van der Waals surface area contributed by atoms with Crippen LogP contribution >= 0.6 is 31.9 Å². The lowest BCUT2D eigenvalue weighted by Crippen LogP contribution is -1.99. The monoisotopic (exact) mass is 518 g/mol. The van der Waals surface area contributed by atoms with Crippen molar-refractivity contribution >= 4 is 43.0 Å². The first-order chi connectivity index (χ1) is 14.3. The minimum atomic E-state index is 0.758. The fraction of sp³-hybridized carbons (Fsp3) is 0.440. The largest absolute Gasteiger partial charge is 0.494 e. The molecule has 0 saturated carbocycles. The van der Waals surface area contributed by atoms with Gasteiger partial charge in [0.15, 0.2) is 0 Å². The van der Waals surface area contributed by atoms with E-state index in [0.717, 1.165) is 80.3 Å². The second-order valence-corrected chi connectivity index (χ2v) is 9.32. The van der Waals surface area contributed by atoms with Gasteiger partial charge in [0.05, 0.1) is 13.2 Å². The van der Waals surface area contributed by atoms with E-state index in [-0.39, 0.29) is 0 Å². The molecule has 154 valence electrons. The molecule has 2 aliphatic carbocycles. The summed E-state index contributed by atoms with van der Waals surface area (Å²) in [5.74, 6) is 2.00.